The van der Waals surface area contributed by atoms with Gasteiger partial charge in [-0.1, -0.05) is 6.42 Å². The molecule has 3 rings (SSSR count). The van der Waals surface area contributed by atoms with Gasteiger partial charge in [-0.2, -0.15) is 18.3 Å². The lowest BCUT2D eigenvalue weighted by Gasteiger charge is -2.34. The average Bonchev–Trinajstić information content (AvgIpc) is 2.94. The van der Waals surface area contributed by atoms with Gasteiger partial charge in [-0.15, -0.1) is 0 Å². The molecule has 3 heterocycles. The normalized spacial score (nSPS) is 19.9. The molecular formula is C15H18F3N5. The van der Waals surface area contributed by atoms with Crippen LogP contribution >= 0.6 is 0 Å². The lowest BCUT2D eigenvalue weighted by molar-refractivity contribution is -0.138. The number of nitrogens with zero attached hydrogens (tertiary/aromatic N) is 4. The van der Waals surface area contributed by atoms with Crippen molar-refractivity contribution in [2.45, 2.75) is 44.9 Å². The maximum Gasteiger partial charge on any atom is 0.418 e. The van der Waals surface area contributed by atoms with Gasteiger partial charge in [-0.25, -0.2) is 4.98 Å². The summed E-state index contributed by atoms with van der Waals surface area (Å²) >= 11 is 0. The molecule has 1 saturated heterocycles. The van der Waals surface area contributed by atoms with Crippen LogP contribution in [0.4, 0.5) is 13.2 Å². The quantitative estimate of drug-likeness (QED) is 0.941. The molecule has 1 aliphatic rings. The lowest BCUT2D eigenvalue weighted by Crippen LogP contribution is -2.34. The Morgan fingerprint density at radius 2 is 2.17 bits per heavy atom. The number of pyridine rings is 1. The Bertz CT molecular complexity index is 667. The summed E-state index contributed by atoms with van der Waals surface area (Å²) in [7, 11) is 0. The minimum Gasteiger partial charge on any atom is -0.287 e. The van der Waals surface area contributed by atoms with Crippen molar-refractivity contribution in [1.29, 1.82) is 0 Å². The number of nitrogens with one attached hydrogen (secondary N) is 1. The van der Waals surface area contributed by atoms with Crippen molar-refractivity contribution in [3.8, 4) is 0 Å². The van der Waals surface area contributed by atoms with E-state index >= 15 is 0 Å². The van der Waals surface area contributed by atoms with E-state index in [0.29, 0.717) is 18.2 Å². The van der Waals surface area contributed by atoms with Crippen LogP contribution in [0.25, 0.3) is 0 Å². The van der Waals surface area contributed by atoms with E-state index in [1.54, 1.807) is 0 Å². The third-order valence-corrected chi connectivity index (χ3v) is 4.07. The predicted octanol–water partition coefficient (Wildman–Crippen LogP) is 3.25. The number of alkyl halides is 3. The fourth-order valence-electron chi connectivity index (χ4n) is 3.00. The molecule has 1 atom stereocenters. The second kappa shape index (κ2) is 6.27. The first-order chi connectivity index (χ1) is 10.9. The van der Waals surface area contributed by atoms with E-state index in [-0.39, 0.29) is 18.3 Å². The molecule has 0 unspecified atom stereocenters. The molecule has 0 bridgehead atoms. The fraction of sp³-hybridized carbons (Fsp3) is 0.533. The van der Waals surface area contributed by atoms with Crippen LogP contribution in [0.15, 0.2) is 18.3 Å². The molecule has 0 aromatic carbocycles. The van der Waals surface area contributed by atoms with Crippen LogP contribution in [0.5, 0.6) is 0 Å². The van der Waals surface area contributed by atoms with Crippen LogP contribution in [0, 0.1) is 6.92 Å². The van der Waals surface area contributed by atoms with Gasteiger partial charge in [-0.3, -0.25) is 15.0 Å². The van der Waals surface area contributed by atoms with Gasteiger partial charge in [-0.05, 0) is 38.4 Å². The number of hydrogen-bond donors (Lipinski definition) is 1. The Labute approximate surface area is 131 Å². The van der Waals surface area contributed by atoms with Crippen LogP contribution in [-0.2, 0) is 12.7 Å². The highest BCUT2D eigenvalue weighted by atomic mass is 19.4. The molecule has 23 heavy (non-hydrogen) atoms. The number of halogens is 3. The van der Waals surface area contributed by atoms with Crippen LogP contribution in [0.3, 0.4) is 0 Å². The summed E-state index contributed by atoms with van der Waals surface area (Å²) in [5.41, 5.74) is -0.616. The number of likely N-dealkylation sites (tertiary alicyclic amines) is 1. The summed E-state index contributed by atoms with van der Waals surface area (Å²) in [5, 5.41) is 6.98. The zero-order valence-electron chi connectivity index (χ0n) is 12.8. The van der Waals surface area contributed by atoms with E-state index in [4.69, 9.17) is 0 Å². The van der Waals surface area contributed by atoms with Crippen molar-refractivity contribution in [2.75, 3.05) is 6.54 Å². The smallest absolute Gasteiger partial charge is 0.287 e. The molecule has 0 saturated carbocycles. The summed E-state index contributed by atoms with van der Waals surface area (Å²) in [5.74, 6) is 1.35. The Balaban J connectivity index is 1.86. The highest BCUT2D eigenvalue weighted by Gasteiger charge is 2.35. The Hall–Kier alpha value is -1.96. The minimum absolute atomic E-state index is 0.0548. The van der Waals surface area contributed by atoms with Gasteiger partial charge in [0.1, 0.15) is 5.82 Å². The van der Waals surface area contributed by atoms with Gasteiger partial charge in [0.05, 0.1) is 17.3 Å². The number of piperidine rings is 1. The largest absolute Gasteiger partial charge is 0.418 e. The maximum absolute atomic E-state index is 13.1. The summed E-state index contributed by atoms with van der Waals surface area (Å²) in [6.07, 6.45) is -0.181. The molecule has 8 heteroatoms. The molecule has 2 aromatic rings. The standard InChI is InChI=1S/C15H18F3N5/c1-10-20-14(22-21-10)13-6-2-3-8-23(13)9-12-11(15(16,17)18)5-4-7-19-12/h4-5,7,13H,2-3,6,8-9H2,1H3,(H,20,21,22)/t13-/m0/s1. The molecule has 0 amide bonds. The molecule has 1 fully saturated rings. The first-order valence-electron chi connectivity index (χ1n) is 7.59. The Morgan fingerprint density at radius 1 is 1.35 bits per heavy atom. The van der Waals surface area contributed by atoms with Crippen LogP contribution in [0.2, 0.25) is 0 Å². The highest BCUT2D eigenvalue weighted by Crippen LogP contribution is 2.34. The molecule has 5 nitrogen and oxygen atoms in total. The van der Waals surface area contributed by atoms with Crippen molar-refractivity contribution in [1.82, 2.24) is 25.1 Å². The number of hydrogen-bond acceptors (Lipinski definition) is 4. The van der Waals surface area contributed by atoms with Gasteiger partial charge in [0.15, 0.2) is 5.82 Å². The van der Waals surface area contributed by atoms with Gasteiger partial charge < -0.3 is 0 Å². The van der Waals surface area contributed by atoms with E-state index in [2.05, 4.69) is 20.2 Å². The van der Waals surface area contributed by atoms with Crippen molar-refractivity contribution >= 4 is 0 Å². The molecule has 124 valence electrons. The van der Waals surface area contributed by atoms with Gasteiger partial charge in [0.25, 0.3) is 0 Å². The first-order valence-corrected chi connectivity index (χ1v) is 7.59. The molecule has 0 spiro atoms. The van der Waals surface area contributed by atoms with Crippen molar-refractivity contribution < 1.29 is 13.2 Å². The van der Waals surface area contributed by atoms with Gasteiger partial charge >= 0.3 is 6.18 Å². The SMILES string of the molecule is Cc1nc([C@@H]2CCCCN2Cc2ncccc2C(F)(F)F)n[nH]1. The van der Waals surface area contributed by atoms with Crippen molar-refractivity contribution in [3.05, 3.63) is 41.2 Å². The van der Waals surface area contributed by atoms with Crippen LogP contribution < -0.4 is 0 Å². The summed E-state index contributed by atoms with van der Waals surface area (Å²) in [6, 6.07) is 2.33. The van der Waals surface area contributed by atoms with E-state index in [1.807, 2.05) is 11.8 Å². The molecular weight excluding hydrogens is 307 g/mol. The predicted molar refractivity (Wildman–Crippen MR) is 77.4 cm³/mol. The van der Waals surface area contributed by atoms with E-state index in [9.17, 15) is 13.2 Å². The van der Waals surface area contributed by atoms with Crippen molar-refractivity contribution in [3.63, 3.8) is 0 Å². The third kappa shape index (κ3) is 3.52. The average molecular weight is 325 g/mol. The fourth-order valence-corrected chi connectivity index (χ4v) is 3.00. The summed E-state index contributed by atoms with van der Waals surface area (Å²) in [6.45, 7) is 2.67. The number of aryl methyl sites for hydroxylation is 1. The minimum atomic E-state index is -4.39. The molecule has 1 aliphatic heterocycles. The number of rotatable bonds is 3. The molecule has 0 radical (unpaired) electrons. The highest BCUT2D eigenvalue weighted by molar-refractivity contribution is 5.23. The Morgan fingerprint density at radius 3 is 2.87 bits per heavy atom. The number of aromatic nitrogens is 4. The molecule has 0 aliphatic carbocycles. The van der Waals surface area contributed by atoms with Crippen molar-refractivity contribution in [2.24, 2.45) is 0 Å². The number of H-pyrrole nitrogens is 1. The number of aromatic amines is 1. The Kier molecular flexibility index (Phi) is 4.34. The zero-order valence-corrected chi connectivity index (χ0v) is 12.8. The zero-order chi connectivity index (χ0) is 16.4. The molecule has 1 N–H and O–H groups in total. The first kappa shape index (κ1) is 15.9. The second-order valence-corrected chi connectivity index (χ2v) is 5.76. The topological polar surface area (TPSA) is 57.7 Å². The van der Waals surface area contributed by atoms with Crippen LogP contribution in [-0.4, -0.2) is 31.6 Å². The second-order valence-electron chi connectivity index (χ2n) is 5.76. The molecule has 2 aromatic heterocycles. The summed E-state index contributed by atoms with van der Waals surface area (Å²) in [4.78, 5) is 10.3. The van der Waals surface area contributed by atoms with Crippen LogP contribution in [0.1, 0.15) is 48.2 Å². The van der Waals surface area contributed by atoms with Gasteiger partial charge in [0, 0.05) is 12.7 Å². The lowest BCUT2D eigenvalue weighted by atomic mass is 10.0. The monoisotopic (exact) mass is 325 g/mol. The third-order valence-electron chi connectivity index (χ3n) is 4.07. The van der Waals surface area contributed by atoms with Gasteiger partial charge in [0.2, 0.25) is 0 Å². The van der Waals surface area contributed by atoms with E-state index in [0.717, 1.165) is 25.3 Å². The van der Waals surface area contributed by atoms with E-state index < -0.39 is 11.7 Å². The maximum atomic E-state index is 13.1. The summed E-state index contributed by atoms with van der Waals surface area (Å²) < 4.78 is 39.4. The van der Waals surface area contributed by atoms with E-state index in [1.165, 1.54) is 12.3 Å².